The third kappa shape index (κ3) is 2.75. The maximum atomic E-state index is 5.35. The van der Waals surface area contributed by atoms with Crippen molar-refractivity contribution in [3.8, 4) is 0 Å². The zero-order valence-electron chi connectivity index (χ0n) is 8.98. The SMILES string of the molecule is CCC(Cc1ccco1)Cc1ccco1. The van der Waals surface area contributed by atoms with Crippen LogP contribution in [0.4, 0.5) is 0 Å². The highest BCUT2D eigenvalue weighted by Crippen LogP contribution is 2.18. The van der Waals surface area contributed by atoms with Crippen molar-refractivity contribution in [1.29, 1.82) is 0 Å². The minimum atomic E-state index is 0.599. The van der Waals surface area contributed by atoms with Crippen LogP contribution in [0.2, 0.25) is 0 Å². The van der Waals surface area contributed by atoms with Gasteiger partial charge in [0.15, 0.2) is 0 Å². The lowest BCUT2D eigenvalue weighted by Crippen LogP contribution is -2.06. The summed E-state index contributed by atoms with van der Waals surface area (Å²) in [6, 6.07) is 7.94. The number of hydrogen-bond donors (Lipinski definition) is 0. The van der Waals surface area contributed by atoms with E-state index in [0.29, 0.717) is 5.92 Å². The van der Waals surface area contributed by atoms with Gasteiger partial charge in [-0.15, -0.1) is 0 Å². The Morgan fingerprint density at radius 3 is 1.87 bits per heavy atom. The van der Waals surface area contributed by atoms with Gasteiger partial charge in [-0.3, -0.25) is 0 Å². The monoisotopic (exact) mass is 204 g/mol. The van der Waals surface area contributed by atoms with Gasteiger partial charge in [-0.25, -0.2) is 0 Å². The molecule has 0 aromatic carbocycles. The van der Waals surface area contributed by atoms with Crippen LogP contribution >= 0.6 is 0 Å². The van der Waals surface area contributed by atoms with Gasteiger partial charge in [0.05, 0.1) is 12.5 Å². The fourth-order valence-corrected chi connectivity index (χ4v) is 1.79. The second kappa shape index (κ2) is 4.87. The van der Waals surface area contributed by atoms with Crippen LogP contribution in [0.1, 0.15) is 24.9 Å². The highest BCUT2D eigenvalue weighted by molar-refractivity contribution is 5.03. The van der Waals surface area contributed by atoms with Crippen molar-refractivity contribution in [3.05, 3.63) is 48.3 Å². The van der Waals surface area contributed by atoms with E-state index in [0.717, 1.165) is 30.8 Å². The van der Waals surface area contributed by atoms with Crippen molar-refractivity contribution in [2.45, 2.75) is 26.2 Å². The molecule has 0 saturated carbocycles. The topological polar surface area (TPSA) is 26.3 Å². The predicted molar refractivity (Wildman–Crippen MR) is 58.6 cm³/mol. The molecule has 2 heterocycles. The Balaban J connectivity index is 1.93. The molecule has 0 aliphatic rings. The van der Waals surface area contributed by atoms with Crippen LogP contribution in [0.25, 0.3) is 0 Å². The second-order valence-electron chi connectivity index (χ2n) is 3.84. The third-order valence-electron chi connectivity index (χ3n) is 2.72. The summed E-state index contributed by atoms with van der Waals surface area (Å²) in [5, 5.41) is 0. The Kier molecular flexibility index (Phi) is 3.28. The first-order chi connectivity index (χ1) is 7.38. The molecule has 80 valence electrons. The normalized spacial score (nSPS) is 11.1. The first-order valence-corrected chi connectivity index (χ1v) is 5.43. The fourth-order valence-electron chi connectivity index (χ4n) is 1.79. The van der Waals surface area contributed by atoms with Gasteiger partial charge in [-0.05, 0) is 30.2 Å². The van der Waals surface area contributed by atoms with E-state index in [1.54, 1.807) is 12.5 Å². The van der Waals surface area contributed by atoms with E-state index in [4.69, 9.17) is 8.83 Å². The largest absolute Gasteiger partial charge is 0.469 e. The van der Waals surface area contributed by atoms with E-state index in [9.17, 15) is 0 Å². The molecule has 2 aromatic rings. The molecule has 2 nitrogen and oxygen atoms in total. The van der Waals surface area contributed by atoms with E-state index >= 15 is 0 Å². The molecule has 0 bridgehead atoms. The van der Waals surface area contributed by atoms with Gasteiger partial charge in [0.2, 0.25) is 0 Å². The van der Waals surface area contributed by atoms with Gasteiger partial charge in [-0.2, -0.15) is 0 Å². The summed E-state index contributed by atoms with van der Waals surface area (Å²) in [7, 11) is 0. The standard InChI is InChI=1S/C13H16O2/c1-2-11(9-12-5-3-7-14-12)10-13-6-4-8-15-13/h3-8,11H,2,9-10H2,1H3. The lowest BCUT2D eigenvalue weighted by Gasteiger charge is -2.11. The summed E-state index contributed by atoms with van der Waals surface area (Å²) >= 11 is 0. The fraction of sp³-hybridized carbons (Fsp3) is 0.385. The van der Waals surface area contributed by atoms with E-state index in [2.05, 4.69) is 6.92 Å². The van der Waals surface area contributed by atoms with Gasteiger partial charge in [0.25, 0.3) is 0 Å². The minimum Gasteiger partial charge on any atom is -0.469 e. The van der Waals surface area contributed by atoms with Crippen molar-refractivity contribution in [3.63, 3.8) is 0 Å². The highest BCUT2D eigenvalue weighted by Gasteiger charge is 2.11. The van der Waals surface area contributed by atoms with Crippen LogP contribution in [0, 0.1) is 5.92 Å². The Hall–Kier alpha value is -1.44. The van der Waals surface area contributed by atoms with Crippen molar-refractivity contribution in [2.24, 2.45) is 5.92 Å². The summed E-state index contributed by atoms with van der Waals surface area (Å²) < 4.78 is 10.7. The summed E-state index contributed by atoms with van der Waals surface area (Å²) in [4.78, 5) is 0. The van der Waals surface area contributed by atoms with Crippen molar-refractivity contribution < 1.29 is 8.83 Å². The molecule has 2 aromatic heterocycles. The number of hydrogen-bond acceptors (Lipinski definition) is 2. The molecule has 0 atom stereocenters. The van der Waals surface area contributed by atoms with Gasteiger partial charge in [-0.1, -0.05) is 13.3 Å². The molecule has 15 heavy (non-hydrogen) atoms. The van der Waals surface area contributed by atoms with E-state index in [1.807, 2.05) is 24.3 Å². The Bertz CT molecular complexity index is 323. The summed E-state index contributed by atoms with van der Waals surface area (Å²) in [5.74, 6) is 2.73. The summed E-state index contributed by atoms with van der Waals surface area (Å²) in [5.41, 5.74) is 0. The number of rotatable bonds is 5. The second-order valence-corrected chi connectivity index (χ2v) is 3.84. The lowest BCUT2D eigenvalue weighted by atomic mass is 9.96. The summed E-state index contributed by atoms with van der Waals surface area (Å²) in [6.07, 6.45) is 6.58. The molecule has 2 rings (SSSR count). The van der Waals surface area contributed by atoms with Crippen LogP contribution in [0.3, 0.4) is 0 Å². The molecule has 0 aliphatic heterocycles. The van der Waals surface area contributed by atoms with Crippen LogP contribution < -0.4 is 0 Å². The Morgan fingerprint density at radius 2 is 1.53 bits per heavy atom. The zero-order valence-corrected chi connectivity index (χ0v) is 8.98. The maximum absolute atomic E-state index is 5.35. The molecular weight excluding hydrogens is 188 g/mol. The van der Waals surface area contributed by atoms with Gasteiger partial charge in [0.1, 0.15) is 11.5 Å². The average Bonchev–Trinajstić information content (AvgIpc) is 2.89. The predicted octanol–water partition coefficient (Wildman–Crippen LogP) is 3.68. The molecule has 2 heteroatoms. The first-order valence-electron chi connectivity index (χ1n) is 5.43. The molecule has 0 fully saturated rings. The van der Waals surface area contributed by atoms with Crippen molar-refractivity contribution in [1.82, 2.24) is 0 Å². The maximum Gasteiger partial charge on any atom is 0.104 e. The molecule has 0 spiro atoms. The third-order valence-corrected chi connectivity index (χ3v) is 2.72. The average molecular weight is 204 g/mol. The zero-order chi connectivity index (χ0) is 10.5. The molecular formula is C13H16O2. The lowest BCUT2D eigenvalue weighted by molar-refractivity contribution is 0.394. The van der Waals surface area contributed by atoms with Crippen LogP contribution in [0.15, 0.2) is 45.6 Å². The van der Waals surface area contributed by atoms with E-state index in [1.165, 1.54) is 0 Å². The van der Waals surface area contributed by atoms with E-state index < -0.39 is 0 Å². The van der Waals surface area contributed by atoms with Gasteiger partial charge >= 0.3 is 0 Å². The molecule has 0 unspecified atom stereocenters. The molecule has 0 N–H and O–H groups in total. The van der Waals surface area contributed by atoms with Crippen molar-refractivity contribution >= 4 is 0 Å². The Morgan fingerprint density at radius 1 is 1.00 bits per heavy atom. The number of furan rings is 2. The van der Waals surface area contributed by atoms with Gasteiger partial charge < -0.3 is 8.83 Å². The van der Waals surface area contributed by atoms with Crippen LogP contribution in [-0.4, -0.2) is 0 Å². The summed E-state index contributed by atoms with van der Waals surface area (Å²) in [6.45, 7) is 2.20. The molecule has 0 saturated heterocycles. The van der Waals surface area contributed by atoms with Gasteiger partial charge in [0, 0.05) is 12.8 Å². The highest BCUT2D eigenvalue weighted by atomic mass is 16.3. The van der Waals surface area contributed by atoms with Crippen LogP contribution in [0.5, 0.6) is 0 Å². The smallest absolute Gasteiger partial charge is 0.104 e. The first kappa shape index (κ1) is 10.1. The quantitative estimate of drug-likeness (QED) is 0.742. The minimum absolute atomic E-state index is 0.599. The van der Waals surface area contributed by atoms with Crippen LogP contribution in [-0.2, 0) is 12.8 Å². The molecule has 0 radical (unpaired) electrons. The molecule has 0 aliphatic carbocycles. The molecule has 0 amide bonds. The Labute approximate surface area is 89.9 Å². The van der Waals surface area contributed by atoms with Crippen molar-refractivity contribution in [2.75, 3.05) is 0 Å². The van der Waals surface area contributed by atoms with E-state index in [-0.39, 0.29) is 0 Å².